The third-order valence-corrected chi connectivity index (χ3v) is 7.01. The van der Waals surface area contributed by atoms with Crippen molar-refractivity contribution < 1.29 is 8.42 Å². The molecule has 1 aromatic carbocycles. The lowest BCUT2D eigenvalue weighted by molar-refractivity contribution is 0.132. The molecule has 0 radical (unpaired) electrons. The van der Waals surface area contributed by atoms with Crippen molar-refractivity contribution in [3.05, 3.63) is 29.3 Å². The Bertz CT molecular complexity index is 638. The molecule has 24 heavy (non-hydrogen) atoms. The van der Waals surface area contributed by atoms with E-state index in [1.807, 2.05) is 0 Å². The Balaban J connectivity index is 0.00000208. The summed E-state index contributed by atoms with van der Waals surface area (Å²) in [4.78, 5) is 2.71. The van der Waals surface area contributed by atoms with Gasteiger partial charge in [0.25, 0.3) is 0 Å². The van der Waals surface area contributed by atoms with Crippen LogP contribution in [0.5, 0.6) is 0 Å². The maximum Gasteiger partial charge on any atom is 0.243 e. The molecule has 1 N–H and O–H groups in total. The highest BCUT2D eigenvalue weighted by atomic mass is 35.5. The summed E-state index contributed by atoms with van der Waals surface area (Å²) in [5.74, 6) is 0. The van der Waals surface area contributed by atoms with E-state index in [9.17, 15) is 8.42 Å². The summed E-state index contributed by atoms with van der Waals surface area (Å²) < 4.78 is 26.9. The molecule has 1 aromatic rings. The average Bonchev–Trinajstić information content (AvgIpc) is 2.94. The summed E-state index contributed by atoms with van der Waals surface area (Å²) in [6, 6.07) is 6.40. The normalized spacial score (nSPS) is 26.2. The van der Waals surface area contributed by atoms with Gasteiger partial charge >= 0.3 is 0 Å². The van der Waals surface area contributed by atoms with E-state index >= 15 is 0 Å². The van der Waals surface area contributed by atoms with Crippen LogP contribution in [0.3, 0.4) is 0 Å². The molecule has 2 fully saturated rings. The molecule has 0 spiro atoms. The number of benzene rings is 1. The standard InChI is InChI=1S/C16H24ClN3O2S.ClH/c1-16(6-7-18-12-16)13-19-8-10-20(11-9-19)23(21,22)15-4-2-14(17)3-5-15;/h2-5,18H,6-13H2,1H3;1H. The van der Waals surface area contributed by atoms with Gasteiger partial charge in [-0.05, 0) is 42.6 Å². The van der Waals surface area contributed by atoms with E-state index in [0.717, 1.165) is 32.7 Å². The molecule has 2 heterocycles. The lowest BCUT2D eigenvalue weighted by Gasteiger charge is -2.38. The predicted octanol–water partition coefficient (Wildman–Crippen LogP) is 2.07. The number of halogens is 2. The molecule has 0 saturated carbocycles. The summed E-state index contributed by atoms with van der Waals surface area (Å²) in [6.07, 6.45) is 1.19. The molecule has 2 aliphatic rings. The third kappa shape index (κ3) is 4.42. The van der Waals surface area contributed by atoms with Crippen molar-refractivity contribution in [1.82, 2.24) is 14.5 Å². The highest BCUT2D eigenvalue weighted by Crippen LogP contribution is 2.27. The highest BCUT2D eigenvalue weighted by Gasteiger charge is 2.34. The Labute approximate surface area is 155 Å². The number of piperazine rings is 1. The van der Waals surface area contributed by atoms with E-state index in [1.54, 1.807) is 28.6 Å². The van der Waals surface area contributed by atoms with Gasteiger partial charge in [0.1, 0.15) is 0 Å². The van der Waals surface area contributed by atoms with E-state index in [0.29, 0.717) is 28.4 Å². The van der Waals surface area contributed by atoms with Crippen molar-refractivity contribution >= 4 is 34.0 Å². The van der Waals surface area contributed by atoms with Crippen LogP contribution in [0.4, 0.5) is 0 Å². The second kappa shape index (κ2) is 7.89. The molecule has 0 amide bonds. The second-order valence-electron chi connectivity index (χ2n) is 6.87. The van der Waals surface area contributed by atoms with E-state index in [4.69, 9.17) is 11.6 Å². The zero-order valence-corrected chi connectivity index (χ0v) is 16.3. The van der Waals surface area contributed by atoms with E-state index in [-0.39, 0.29) is 12.4 Å². The first-order chi connectivity index (χ1) is 10.9. The minimum Gasteiger partial charge on any atom is -0.316 e. The maximum absolute atomic E-state index is 12.7. The van der Waals surface area contributed by atoms with E-state index in [2.05, 4.69) is 17.1 Å². The first-order valence-electron chi connectivity index (χ1n) is 8.08. The first-order valence-corrected chi connectivity index (χ1v) is 9.90. The summed E-state index contributed by atoms with van der Waals surface area (Å²) in [7, 11) is -3.41. The van der Waals surface area contributed by atoms with Gasteiger partial charge in [0, 0.05) is 44.3 Å². The van der Waals surface area contributed by atoms with Gasteiger partial charge in [-0.1, -0.05) is 18.5 Å². The number of hydrogen-bond donors (Lipinski definition) is 1. The summed E-state index contributed by atoms with van der Waals surface area (Å²) in [5.41, 5.74) is 0.317. The zero-order chi connectivity index (χ0) is 16.5. The molecule has 136 valence electrons. The van der Waals surface area contributed by atoms with Crippen molar-refractivity contribution in [2.24, 2.45) is 5.41 Å². The summed E-state index contributed by atoms with van der Waals surface area (Å²) in [5, 5.41) is 3.97. The van der Waals surface area contributed by atoms with Crippen LogP contribution in [0.2, 0.25) is 5.02 Å². The molecule has 8 heteroatoms. The van der Waals surface area contributed by atoms with Crippen LogP contribution in [0.15, 0.2) is 29.2 Å². The van der Waals surface area contributed by atoms with Gasteiger partial charge < -0.3 is 10.2 Å². The third-order valence-electron chi connectivity index (χ3n) is 4.85. The van der Waals surface area contributed by atoms with Crippen molar-refractivity contribution in [3.8, 4) is 0 Å². The highest BCUT2D eigenvalue weighted by molar-refractivity contribution is 7.89. The molecular formula is C16H25Cl2N3O2S. The Morgan fingerprint density at radius 1 is 1.17 bits per heavy atom. The molecule has 5 nitrogen and oxygen atoms in total. The number of nitrogens with zero attached hydrogens (tertiary/aromatic N) is 2. The Hall–Kier alpha value is -0.370. The van der Waals surface area contributed by atoms with Crippen LogP contribution in [-0.4, -0.2) is 63.4 Å². The molecular weight excluding hydrogens is 369 g/mol. The zero-order valence-electron chi connectivity index (χ0n) is 13.9. The van der Waals surface area contributed by atoms with Gasteiger partial charge in [0.15, 0.2) is 0 Å². The van der Waals surface area contributed by atoms with Crippen LogP contribution >= 0.6 is 24.0 Å². The fraction of sp³-hybridized carbons (Fsp3) is 0.625. The monoisotopic (exact) mass is 393 g/mol. The minimum absolute atomic E-state index is 0. The van der Waals surface area contributed by atoms with Crippen LogP contribution in [0.1, 0.15) is 13.3 Å². The molecule has 2 aliphatic heterocycles. The Morgan fingerprint density at radius 3 is 2.33 bits per heavy atom. The lowest BCUT2D eigenvalue weighted by Crippen LogP contribution is -2.51. The second-order valence-corrected chi connectivity index (χ2v) is 9.25. The lowest BCUT2D eigenvalue weighted by atomic mass is 9.89. The van der Waals surface area contributed by atoms with Crippen molar-refractivity contribution in [1.29, 1.82) is 0 Å². The van der Waals surface area contributed by atoms with Crippen LogP contribution in [0, 0.1) is 5.41 Å². The molecule has 2 saturated heterocycles. The van der Waals surface area contributed by atoms with Gasteiger partial charge in [0.05, 0.1) is 4.90 Å². The average molecular weight is 394 g/mol. The smallest absolute Gasteiger partial charge is 0.243 e. The first kappa shape index (κ1) is 19.9. The summed E-state index contributed by atoms with van der Waals surface area (Å²) in [6.45, 7) is 8.17. The van der Waals surface area contributed by atoms with Gasteiger partial charge in [-0.15, -0.1) is 12.4 Å². The van der Waals surface area contributed by atoms with Crippen molar-refractivity contribution in [2.75, 3.05) is 45.8 Å². The Morgan fingerprint density at radius 2 is 1.79 bits per heavy atom. The van der Waals surface area contributed by atoms with Gasteiger partial charge in [-0.3, -0.25) is 0 Å². The van der Waals surface area contributed by atoms with Gasteiger partial charge in [-0.2, -0.15) is 4.31 Å². The Kier molecular flexibility index (Phi) is 6.56. The van der Waals surface area contributed by atoms with E-state index in [1.165, 1.54) is 6.42 Å². The van der Waals surface area contributed by atoms with Crippen LogP contribution < -0.4 is 5.32 Å². The molecule has 0 aliphatic carbocycles. The SMILES string of the molecule is CC1(CN2CCN(S(=O)(=O)c3ccc(Cl)cc3)CC2)CCNC1.Cl. The topological polar surface area (TPSA) is 52.7 Å². The number of hydrogen-bond acceptors (Lipinski definition) is 4. The fourth-order valence-electron chi connectivity index (χ4n) is 3.43. The number of nitrogens with one attached hydrogen (secondary N) is 1. The number of sulfonamides is 1. The molecule has 3 rings (SSSR count). The predicted molar refractivity (Wildman–Crippen MR) is 99.5 cm³/mol. The fourth-order valence-corrected chi connectivity index (χ4v) is 4.98. The minimum atomic E-state index is -3.41. The van der Waals surface area contributed by atoms with Gasteiger partial charge in [-0.25, -0.2) is 8.42 Å². The number of rotatable bonds is 4. The van der Waals surface area contributed by atoms with Crippen molar-refractivity contribution in [2.45, 2.75) is 18.2 Å². The molecule has 1 atom stereocenters. The largest absolute Gasteiger partial charge is 0.316 e. The quantitative estimate of drug-likeness (QED) is 0.850. The molecule has 0 aromatic heterocycles. The van der Waals surface area contributed by atoms with Crippen molar-refractivity contribution in [3.63, 3.8) is 0 Å². The maximum atomic E-state index is 12.7. The van der Waals surface area contributed by atoms with Crippen LogP contribution in [0.25, 0.3) is 0 Å². The molecule has 1 unspecified atom stereocenters. The van der Waals surface area contributed by atoms with Crippen LogP contribution in [-0.2, 0) is 10.0 Å². The van der Waals surface area contributed by atoms with Gasteiger partial charge in [0.2, 0.25) is 10.0 Å². The molecule has 0 bridgehead atoms. The van der Waals surface area contributed by atoms with E-state index < -0.39 is 10.0 Å². The summed E-state index contributed by atoms with van der Waals surface area (Å²) >= 11 is 5.84.